The van der Waals surface area contributed by atoms with Crippen LogP contribution in [0.1, 0.15) is 43.0 Å². The molecule has 0 saturated carbocycles. The Bertz CT molecular complexity index is 1720. The molecule has 0 saturated heterocycles. The smallest absolute Gasteiger partial charge is 0.200 e. The van der Waals surface area contributed by atoms with Gasteiger partial charge in [0, 0.05) is 49.0 Å². The van der Waals surface area contributed by atoms with Crippen LogP contribution >= 0.6 is 0 Å². The summed E-state index contributed by atoms with van der Waals surface area (Å²) in [4.78, 5) is 36.6. The van der Waals surface area contributed by atoms with E-state index in [-0.39, 0.29) is 22.3 Å². The molecule has 0 atom stereocenters. The van der Waals surface area contributed by atoms with Crippen LogP contribution in [0.25, 0.3) is 0 Å². The largest absolute Gasteiger partial charge is 0.507 e. The number of carbonyl (C=O) groups excluding carboxylic acids is 2. The lowest BCUT2D eigenvalue weighted by molar-refractivity contribution is 0.0975. The molecule has 0 aromatic heterocycles. The third-order valence-electron chi connectivity index (χ3n) is 7.62. The van der Waals surface area contributed by atoms with Gasteiger partial charge in [0.15, 0.2) is 0 Å². The van der Waals surface area contributed by atoms with E-state index in [1.807, 2.05) is 24.3 Å². The number of hydrogen-bond acceptors (Lipinski definition) is 12. The molecule has 1 aliphatic carbocycles. The average molecular weight is 653 g/mol. The van der Waals surface area contributed by atoms with Crippen LogP contribution in [0.3, 0.4) is 0 Å². The van der Waals surface area contributed by atoms with Gasteiger partial charge in [0.05, 0.1) is 63.8 Å². The summed E-state index contributed by atoms with van der Waals surface area (Å²) < 4.78 is 21.2. The highest BCUT2D eigenvalue weighted by molar-refractivity contribution is 6.33. The molecule has 0 unspecified atom stereocenters. The third kappa shape index (κ3) is 7.17. The van der Waals surface area contributed by atoms with Crippen molar-refractivity contribution in [1.29, 1.82) is 0 Å². The molecule has 48 heavy (non-hydrogen) atoms. The van der Waals surface area contributed by atoms with Crippen molar-refractivity contribution in [2.24, 2.45) is 9.98 Å². The summed E-state index contributed by atoms with van der Waals surface area (Å²) in [6.07, 6.45) is 3.38. The molecule has 5 rings (SSSR count). The minimum atomic E-state index is -0.587. The number of carbonyl (C=O) groups is 2. The maximum absolute atomic E-state index is 13.8. The minimum absolute atomic E-state index is 0.0897. The van der Waals surface area contributed by atoms with Gasteiger partial charge in [-0.05, 0) is 59.7 Å². The molecule has 0 heterocycles. The van der Waals surface area contributed by atoms with Crippen molar-refractivity contribution < 1.29 is 38.7 Å². The Morgan fingerprint density at radius 3 is 1.25 bits per heavy atom. The van der Waals surface area contributed by atoms with Gasteiger partial charge in [-0.2, -0.15) is 0 Å². The van der Waals surface area contributed by atoms with E-state index >= 15 is 0 Å². The molecular weight excluding hydrogens is 616 g/mol. The number of aromatic hydroxyl groups is 2. The number of aliphatic imine (C=N–C) groups is 2. The first-order valence-corrected chi connectivity index (χ1v) is 15.0. The molecule has 1 aliphatic rings. The monoisotopic (exact) mass is 652 g/mol. The van der Waals surface area contributed by atoms with E-state index in [2.05, 4.69) is 20.6 Å². The topological polar surface area (TPSA) is 160 Å². The van der Waals surface area contributed by atoms with Crippen molar-refractivity contribution in [2.75, 3.05) is 65.3 Å². The van der Waals surface area contributed by atoms with Crippen molar-refractivity contribution in [3.05, 3.63) is 94.0 Å². The van der Waals surface area contributed by atoms with E-state index in [1.54, 1.807) is 65.1 Å². The molecule has 0 spiro atoms. The maximum atomic E-state index is 13.8. The number of phenolic OH excluding ortho intramolecular Hbond substituents is 2. The number of phenols is 2. The van der Waals surface area contributed by atoms with Gasteiger partial charge in [-0.1, -0.05) is 0 Å². The van der Waals surface area contributed by atoms with Gasteiger partial charge >= 0.3 is 0 Å². The van der Waals surface area contributed by atoms with Gasteiger partial charge in [-0.15, -0.1) is 0 Å². The van der Waals surface area contributed by atoms with Crippen molar-refractivity contribution in [3.8, 4) is 34.5 Å². The highest BCUT2D eigenvalue weighted by atomic mass is 16.5. The molecule has 4 N–H and O–H groups in total. The number of ketones is 2. The van der Waals surface area contributed by atoms with Crippen LogP contribution in [-0.4, -0.2) is 88.8 Å². The van der Waals surface area contributed by atoms with E-state index in [1.165, 1.54) is 12.1 Å². The van der Waals surface area contributed by atoms with E-state index in [4.69, 9.17) is 18.9 Å². The van der Waals surface area contributed by atoms with Gasteiger partial charge in [-0.25, -0.2) is 0 Å². The molecule has 12 nitrogen and oxygen atoms in total. The highest BCUT2D eigenvalue weighted by Gasteiger charge is 2.37. The molecular formula is C36H36N4O8. The Morgan fingerprint density at radius 1 is 0.562 bits per heavy atom. The zero-order valence-electron chi connectivity index (χ0n) is 27.0. The summed E-state index contributed by atoms with van der Waals surface area (Å²) in [5, 5.41) is 27.5. The quantitative estimate of drug-likeness (QED) is 0.0733. The maximum Gasteiger partial charge on any atom is 0.200 e. The van der Waals surface area contributed by atoms with Gasteiger partial charge in [0.2, 0.25) is 11.6 Å². The number of ether oxygens (including phenoxy) is 4. The summed E-state index contributed by atoms with van der Waals surface area (Å²) >= 11 is 0. The van der Waals surface area contributed by atoms with Crippen molar-refractivity contribution >= 4 is 35.4 Å². The molecule has 0 fully saturated rings. The molecule has 0 aliphatic heterocycles. The molecule has 4 aromatic carbocycles. The summed E-state index contributed by atoms with van der Waals surface area (Å²) in [5.41, 5.74) is 2.07. The van der Waals surface area contributed by atoms with Crippen LogP contribution in [0.4, 0.5) is 11.4 Å². The van der Waals surface area contributed by atoms with Gasteiger partial charge < -0.3 is 39.8 Å². The Morgan fingerprint density at radius 2 is 0.917 bits per heavy atom. The molecule has 248 valence electrons. The Hall–Kier alpha value is -6.04. The third-order valence-corrected chi connectivity index (χ3v) is 7.62. The minimum Gasteiger partial charge on any atom is -0.507 e. The van der Waals surface area contributed by atoms with Crippen LogP contribution in [0.5, 0.6) is 34.5 Å². The van der Waals surface area contributed by atoms with E-state index in [0.717, 1.165) is 11.1 Å². The van der Waals surface area contributed by atoms with Gasteiger partial charge in [0.25, 0.3) is 0 Å². The number of methoxy groups -OCH3 is 4. The molecule has 4 aromatic rings. The predicted octanol–water partition coefficient (Wildman–Crippen LogP) is 4.97. The number of anilines is 2. The number of fused-ring (bicyclic) bond motifs is 2. The standard InChI is InChI=1S/C36H36N4O8/c1-45-23-13-21(14-24(17-23)46-2)19-37-9-11-39-27-5-6-28(40-12-10-38-20-22-15-25(47-3)18-26(16-22)48-4)32-31(27)35(43)33-29(41)7-8-30(42)34(33)36(32)44/h5-8,13-20,39-42H,9-12H2,1-4H3. The summed E-state index contributed by atoms with van der Waals surface area (Å²) in [6, 6.07) is 16.6. The first-order valence-electron chi connectivity index (χ1n) is 15.0. The van der Waals surface area contributed by atoms with Crippen molar-refractivity contribution in [2.45, 2.75) is 0 Å². The predicted molar refractivity (Wildman–Crippen MR) is 184 cm³/mol. The Kier molecular flexibility index (Phi) is 10.4. The fraction of sp³-hybridized carbons (Fsp3) is 0.222. The molecule has 0 amide bonds. The molecule has 0 radical (unpaired) electrons. The van der Waals surface area contributed by atoms with E-state index in [9.17, 15) is 19.8 Å². The number of rotatable bonds is 14. The second kappa shape index (κ2) is 15.0. The van der Waals surface area contributed by atoms with E-state index < -0.39 is 23.1 Å². The van der Waals surface area contributed by atoms with Crippen LogP contribution in [0, 0.1) is 0 Å². The first-order chi connectivity index (χ1) is 23.3. The van der Waals surface area contributed by atoms with Crippen LogP contribution in [0.15, 0.2) is 70.6 Å². The van der Waals surface area contributed by atoms with Gasteiger partial charge in [0.1, 0.15) is 34.5 Å². The number of benzene rings is 4. The first kappa shape index (κ1) is 33.3. The van der Waals surface area contributed by atoms with Crippen LogP contribution < -0.4 is 29.6 Å². The lowest BCUT2D eigenvalue weighted by Crippen LogP contribution is -2.25. The number of nitrogens with one attached hydrogen (secondary N) is 2. The SMILES string of the molecule is COc1cc(C=NCCNc2ccc(NCCN=Cc3cc(OC)cc(OC)c3)c3c2C(=O)c2c(O)ccc(O)c2C3=O)cc(OC)c1. The fourth-order valence-corrected chi connectivity index (χ4v) is 5.32. The second-order valence-corrected chi connectivity index (χ2v) is 10.6. The fourth-order valence-electron chi connectivity index (χ4n) is 5.32. The summed E-state index contributed by atoms with van der Waals surface area (Å²) in [7, 11) is 6.29. The lowest BCUT2D eigenvalue weighted by atomic mass is 9.81. The normalized spacial score (nSPS) is 12.2. The Balaban J connectivity index is 1.35. The average Bonchev–Trinajstić information content (AvgIpc) is 3.10. The van der Waals surface area contributed by atoms with Crippen molar-refractivity contribution in [3.63, 3.8) is 0 Å². The molecule has 12 heteroatoms. The zero-order valence-corrected chi connectivity index (χ0v) is 27.0. The van der Waals surface area contributed by atoms with E-state index in [0.29, 0.717) is 60.6 Å². The van der Waals surface area contributed by atoms with Crippen LogP contribution in [0.2, 0.25) is 0 Å². The summed E-state index contributed by atoms with van der Waals surface area (Å²) in [6.45, 7) is 1.36. The number of nitrogens with zero attached hydrogens (tertiary/aromatic N) is 2. The van der Waals surface area contributed by atoms with Crippen molar-refractivity contribution in [1.82, 2.24) is 0 Å². The lowest BCUT2D eigenvalue weighted by Gasteiger charge is -2.24. The Labute approximate surface area is 277 Å². The molecule has 0 bridgehead atoms. The number of hydrogen-bond donors (Lipinski definition) is 4. The zero-order chi connectivity index (χ0) is 34.2. The summed E-state index contributed by atoms with van der Waals surface area (Å²) in [5.74, 6) is 0.587. The van der Waals surface area contributed by atoms with Gasteiger partial charge in [-0.3, -0.25) is 19.6 Å². The second-order valence-electron chi connectivity index (χ2n) is 10.6. The highest BCUT2D eigenvalue weighted by Crippen LogP contribution is 2.42. The van der Waals surface area contributed by atoms with Crippen LogP contribution in [-0.2, 0) is 0 Å².